The van der Waals surface area contributed by atoms with Crippen LogP contribution in [0.2, 0.25) is 0 Å². The number of halogens is 1. The lowest BCUT2D eigenvalue weighted by atomic mass is 10.1. The van der Waals surface area contributed by atoms with Crippen LogP contribution < -0.4 is 0 Å². The molecule has 0 saturated carbocycles. The number of benzene rings is 4. The van der Waals surface area contributed by atoms with Crippen LogP contribution in [-0.4, -0.2) is 9.55 Å². The number of fused-ring (bicyclic) bond motifs is 5. The summed E-state index contributed by atoms with van der Waals surface area (Å²) in [6.45, 7) is 0. The van der Waals surface area contributed by atoms with Gasteiger partial charge in [-0.3, -0.25) is 0 Å². The third-order valence-electron chi connectivity index (χ3n) is 5.28. The number of hydrogen-bond acceptors (Lipinski definition) is 2. The van der Waals surface area contributed by atoms with Crippen LogP contribution in [0.25, 0.3) is 50.0 Å². The van der Waals surface area contributed by atoms with Crippen LogP contribution in [0.4, 0.5) is 0 Å². The van der Waals surface area contributed by atoms with Crippen molar-refractivity contribution < 1.29 is 4.42 Å². The van der Waals surface area contributed by atoms with Gasteiger partial charge in [0.1, 0.15) is 5.52 Å². The largest absolute Gasteiger partial charge is 0.436 e. The fourth-order valence-corrected chi connectivity index (χ4v) is 4.36. The highest BCUT2D eigenvalue weighted by Gasteiger charge is 2.19. The Hall–Kier alpha value is -3.37. The molecular formula is C25H15BrN2O. The van der Waals surface area contributed by atoms with Gasteiger partial charge in [0.15, 0.2) is 5.58 Å². The number of oxazole rings is 1. The first-order valence-corrected chi connectivity index (χ1v) is 10.2. The van der Waals surface area contributed by atoms with Crippen molar-refractivity contribution in [1.82, 2.24) is 9.55 Å². The molecule has 0 unspecified atom stereocenters. The zero-order valence-electron chi connectivity index (χ0n) is 15.3. The molecule has 0 fully saturated rings. The van der Waals surface area contributed by atoms with E-state index in [0.717, 1.165) is 43.2 Å². The molecule has 0 aliphatic heterocycles. The Kier molecular flexibility index (Phi) is 3.61. The Morgan fingerprint density at radius 1 is 0.759 bits per heavy atom. The Labute approximate surface area is 175 Å². The van der Waals surface area contributed by atoms with Gasteiger partial charge in [-0.1, -0.05) is 58.4 Å². The summed E-state index contributed by atoms with van der Waals surface area (Å²) < 4.78 is 9.46. The lowest BCUT2D eigenvalue weighted by molar-refractivity contribution is 0.620. The standard InChI is InChI=1S/C25H15BrN2O/c26-17-11-12-19-20-13-14-22-23(27-25(29-22)16-7-3-1-4-8-16)24(20)28(21(19)15-17)18-9-5-2-6-10-18/h1-15H. The molecule has 0 aliphatic carbocycles. The summed E-state index contributed by atoms with van der Waals surface area (Å²) in [5.41, 5.74) is 5.93. The van der Waals surface area contributed by atoms with Gasteiger partial charge in [0, 0.05) is 26.5 Å². The highest BCUT2D eigenvalue weighted by atomic mass is 79.9. The van der Waals surface area contributed by atoms with Gasteiger partial charge >= 0.3 is 0 Å². The molecule has 29 heavy (non-hydrogen) atoms. The van der Waals surface area contributed by atoms with Crippen molar-refractivity contribution in [3.63, 3.8) is 0 Å². The Morgan fingerprint density at radius 2 is 1.48 bits per heavy atom. The van der Waals surface area contributed by atoms with Crippen molar-refractivity contribution in [2.45, 2.75) is 0 Å². The van der Waals surface area contributed by atoms with Crippen molar-refractivity contribution in [1.29, 1.82) is 0 Å². The van der Waals surface area contributed by atoms with Gasteiger partial charge in [-0.05, 0) is 48.5 Å². The first-order valence-electron chi connectivity index (χ1n) is 9.44. The van der Waals surface area contributed by atoms with Crippen molar-refractivity contribution in [3.8, 4) is 17.1 Å². The summed E-state index contributed by atoms with van der Waals surface area (Å²) in [5.74, 6) is 0.638. The van der Waals surface area contributed by atoms with Gasteiger partial charge in [-0.25, -0.2) is 4.98 Å². The van der Waals surface area contributed by atoms with Gasteiger partial charge < -0.3 is 8.98 Å². The van der Waals surface area contributed by atoms with Crippen LogP contribution in [0.1, 0.15) is 0 Å². The molecule has 2 aromatic heterocycles. The van der Waals surface area contributed by atoms with Crippen LogP contribution in [0, 0.1) is 0 Å². The highest BCUT2D eigenvalue weighted by Crippen LogP contribution is 2.38. The van der Waals surface area contributed by atoms with Gasteiger partial charge in [0.25, 0.3) is 0 Å². The predicted octanol–water partition coefficient (Wildman–Crippen LogP) is 7.35. The number of rotatable bonds is 2. The summed E-state index contributed by atoms with van der Waals surface area (Å²) in [5, 5.41) is 2.36. The molecule has 0 radical (unpaired) electrons. The number of nitrogens with zero attached hydrogens (tertiary/aromatic N) is 2. The minimum Gasteiger partial charge on any atom is -0.436 e. The van der Waals surface area contributed by atoms with E-state index in [1.807, 2.05) is 42.5 Å². The predicted molar refractivity (Wildman–Crippen MR) is 121 cm³/mol. The average Bonchev–Trinajstić information content (AvgIpc) is 3.33. The zero-order valence-corrected chi connectivity index (χ0v) is 16.9. The maximum absolute atomic E-state index is 6.14. The minimum absolute atomic E-state index is 0.638. The van der Waals surface area contributed by atoms with Crippen molar-refractivity contribution in [3.05, 3.63) is 95.5 Å². The van der Waals surface area contributed by atoms with E-state index in [4.69, 9.17) is 9.40 Å². The quantitative estimate of drug-likeness (QED) is 0.282. The molecule has 0 atom stereocenters. The van der Waals surface area contributed by atoms with Crippen LogP contribution in [0.5, 0.6) is 0 Å². The van der Waals surface area contributed by atoms with E-state index < -0.39 is 0 Å². The number of hydrogen-bond donors (Lipinski definition) is 0. The molecule has 6 aromatic rings. The molecule has 0 amide bonds. The summed E-state index contributed by atoms with van der Waals surface area (Å²) in [6, 6.07) is 31.0. The van der Waals surface area contributed by atoms with Crippen LogP contribution in [0.3, 0.4) is 0 Å². The third kappa shape index (κ3) is 2.53. The van der Waals surface area contributed by atoms with E-state index in [1.165, 1.54) is 5.39 Å². The van der Waals surface area contributed by atoms with Crippen molar-refractivity contribution in [2.75, 3.05) is 0 Å². The molecule has 0 spiro atoms. The van der Waals surface area contributed by atoms with Crippen LogP contribution in [-0.2, 0) is 0 Å². The first-order chi connectivity index (χ1) is 14.3. The summed E-state index contributed by atoms with van der Waals surface area (Å²) in [6.07, 6.45) is 0. The molecule has 6 rings (SSSR count). The summed E-state index contributed by atoms with van der Waals surface area (Å²) in [7, 11) is 0. The lowest BCUT2D eigenvalue weighted by Crippen LogP contribution is -1.94. The summed E-state index contributed by atoms with van der Waals surface area (Å²) >= 11 is 3.63. The van der Waals surface area contributed by atoms with E-state index in [-0.39, 0.29) is 0 Å². The molecular weight excluding hydrogens is 424 g/mol. The second-order valence-corrected chi connectivity index (χ2v) is 7.94. The second-order valence-electron chi connectivity index (χ2n) is 7.03. The third-order valence-corrected chi connectivity index (χ3v) is 5.78. The van der Waals surface area contributed by atoms with E-state index in [0.29, 0.717) is 5.89 Å². The SMILES string of the molecule is Brc1ccc2c3ccc4oc(-c5ccccc5)nc4c3n(-c3ccccc3)c2c1. The average molecular weight is 439 g/mol. The molecule has 0 bridgehead atoms. The van der Waals surface area contributed by atoms with Crippen molar-refractivity contribution >= 4 is 48.8 Å². The van der Waals surface area contributed by atoms with Crippen LogP contribution >= 0.6 is 15.9 Å². The van der Waals surface area contributed by atoms with Gasteiger partial charge in [0.05, 0.1) is 11.0 Å². The molecule has 0 aliphatic rings. The maximum Gasteiger partial charge on any atom is 0.227 e. The normalized spacial score (nSPS) is 11.6. The van der Waals surface area contributed by atoms with Gasteiger partial charge in [-0.15, -0.1) is 0 Å². The van der Waals surface area contributed by atoms with E-state index in [1.54, 1.807) is 0 Å². The number of aromatic nitrogens is 2. The summed E-state index contributed by atoms with van der Waals surface area (Å²) in [4.78, 5) is 4.92. The Balaban J connectivity index is 1.78. The number of para-hydroxylation sites is 1. The van der Waals surface area contributed by atoms with Crippen LogP contribution in [0.15, 0.2) is 99.9 Å². The van der Waals surface area contributed by atoms with Gasteiger partial charge in [0.2, 0.25) is 5.89 Å². The van der Waals surface area contributed by atoms with Gasteiger partial charge in [-0.2, -0.15) is 0 Å². The minimum atomic E-state index is 0.638. The van der Waals surface area contributed by atoms with E-state index >= 15 is 0 Å². The first kappa shape index (κ1) is 16.6. The molecule has 3 nitrogen and oxygen atoms in total. The molecule has 2 heterocycles. The monoisotopic (exact) mass is 438 g/mol. The molecule has 0 saturated heterocycles. The fraction of sp³-hybridized carbons (Fsp3) is 0. The Morgan fingerprint density at radius 3 is 2.28 bits per heavy atom. The highest BCUT2D eigenvalue weighted by molar-refractivity contribution is 9.10. The lowest BCUT2D eigenvalue weighted by Gasteiger charge is -2.07. The zero-order chi connectivity index (χ0) is 19.4. The van der Waals surface area contributed by atoms with E-state index in [2.05, 4.69) is 69.0 Å². The molecule has 4 heteroatoms. The smallest absolute Gasteiger partial charge is 0.227 e. The molecule has 4 aromatic carbocycles. The maximum atomic E-state index is 6.14. The second kappa shape index (κ2) is 6.33. The van der Waals surface area contributed by atoms with Crippen molar-refractivity contribution in [2.24, 2.45) is 0 Å². The Bertz CT molecular complexity index is 1500. The fourth-order valence-electron chi connectivity index (χ4n) is 4.01. The molecule has 0 N–H and O–H groups in total. The topological polar surface area (TPSA) is 31.0 Å². The molecule has 138 valence electrons. The van der Waals surface area contributed by atoms with E-state index in [9.17, 15) is 0 Å².